The summed E-state index contributed by atoms with van der Waals surface area (Å²) in [7, 11) is 0. The third-order valence-corrected chi connectivity index (χ3v) is 15.6. The van der Waals surface area contributed by atoms with Crippen molar-refractivity contribution in [3.05, 3.63) is 193 Å². The lowest BCUT2D eigenvalue weighted by molar-refractivity contribution is 0.661. The first-order valence-corrected chi connectivity index (χ1v) is 22.1. The molecular weight excluding hydrogens is 749 g/mol. The summed E-state index contributed by atoms with van der Waals surface area (Å²) in [4.78, 5) is 0. The third kappa shape index (κ3) is 4.76. The molecule has 59 heavy (non-hydrogen) atoms. The fraction of sp³-hybridized carbons (Fsp3) is 0.0526. The van der Waals surface area contributed by atoms with Crippen LogP contribution < -0.4 is 0 Å². The lowest BCUT2D eigenvalue weighted by atomic mass is 9.82. The Balaban J connectivity index is 0.961. The zero-order chi connectivity index (χ0) is 39.0. The Morgan fingerprint density at radius 3 is 1.71 bits per heavy atom. The van der Waals surface area contributed by atoms with Gasteiger partial charge in [0.1, 0.15) is 0 Å². The van der Waals surface area contributed by atoms with Crippen LogP contribution in [0.3, 0.4) is 0 Å². The molecule has 0 aliphatic heterocycles. The number of thiophene rings is 2. The van der Waals surface area contributed by atoms with E-state index in [9.17, 15) is 0 Å². The molecule has 0 saturated heterocycles. The first-order valence-electron chi connectivity index (χ1n) is 20.5. The summed E-state index contributed by atoms with van der Waals surface area (Å²) < 4.78 is 5.38. The van der Waals surface area contributed by atoms with E-state index in [1.54, 1.807) is 0 Å². The number of hydrogen-bond donors (Lipinski definition) is 0. The van der Waals surface area contributed by atoms with E-state index in [1.807, 2.05) is 22.7 Å². The lowest BCUT2D eigenvalue weighted by Crippen LogP contribution is -2.14. The van der Waals surface area contributed by atoms with Crippen LogP contribution >= 0.6 is 22.7 Å². The maximum Gasteiger partial charge on any atom is 0.0433 e. The van der Waals surface area contributed by atoms with Crippen molar-refractivity contribution in [3.63, 3.8) is 0 Å². The minimum Gasteiger partial charge on any atom is -0.135 e. The molecule has 2 heteroatoms. The van der Waals surface area contributed by atoms with Crippen molar-refractivity contribution in [2.24, 2.45) is 0 Å². The number of hydrogen-bond acceptors (Lipinski definition) is 2. The molecule has 0 unspecified atom stereocenters. The highest BCUT2D eigenvalue weighted by molar-refractivity contribution is 7.26. The molecule has 0 bridgehead atoms. The maximum atomic E-state index is 2.49. The highest BCUT2D eigenvalue weighted by atomic mass is 32.1. The second-order valence-corrected chi connectivity index (χ2v) is 18.9. The minimum absolute atomic E-state index is 0.0172. The Bertz CT molecular complexity index is 3690. The normalized spacial score (nSPS) is 13.4. The molecule has 0 atom stereocenters. The van der Waals surface area contributed by atoms with Crippen molar-refractivity contribution in [2.75, 3.05) is 0 Å². The van der Waals surface area contributed by atoms with Crippen LogP contribution in [0.5, 0.6) is 0 Å². The highest BCUT2D eigenvalue weighted by Crippen LogP contribution is 2.52. The standard InChI is InChI=1S/C57H36S2/c1-57(2)49-22-11-10-15-39(49)45-32-53-48(31-50(45)57)47-29-37-27-35(24-23-34(37)30-52(47)58-53)38-20-12-21-44-46-28-36(25-26-51(46)59-56(38)44)55-42-18-8-6-16-40(42)54(33-13-4-3-5-14-33)41-17-7-9-19-43(41)55/h3-32H,1-2H3. The monoisotopic (exact) mass is 784 g/mol. The van der Waals surface area contributed by atoms with Gasteiger partial charge in [0.05, 0.1) is 0 Å². The largest absolute Gasteiger partial charge is 0.135 e. The second kappa shape index (κ2) is 12.2. The molecule has 0 amide bonds. The van der Waals surface area contributed by atoms with E-state index >= 15 is 0 Å². The SMILES string of the molecule is CC1(C)c2ccccc2-c2cc3sc4cc5ccc(-c6cccc7c6sc6ccc(-c8c9ccccc9c(-c9ccccc9)c9ccccc89)cc67)cc5cc4c3cc21. The molecule has 0 fully saturated rings. The summed E-state index contributed by atoms with van der Waals surface area (Å²) in [5.41, 5.74) is 13.3. The topological polar surface area (TPSA) is 0 Å². The average molecular weight is 785 g/mol. The third-order valence-electron chi connectivity index (χ3n) is 13.2. The zero-order valence-electron chi connectivity index (χ0n) is 32.6. The molecule has 1 aliphatic rings. The lowest BCUT2D eigenvalue weighted by Gasteiger charge is -2.21. The van der Waals surface area contributed by atoms with Gasteiger partial charge in [-0.3, -0.25) is 0 Å². The fourth-order valence-electron chi connectivity index (χ4n) is 10.4. The van der Waals surface area contributed by atoms with E-state index in [4.69, 9.17) is 0 Å². The summed E-state index contributed by atoms with van der Waals surface area (Å²) in [5, 5.41) is 13.1. The quantitative estimate of drug-likeness (QED) is 0.157. The van der Waals surface area contributed by atoms with Crippen molar-refractivity contribution < 1.29 is 0 Å². The van der Waals surface area contributed by atoms with Crippen LogP contribution in [-0.2, 0) is 5.41 Å². The van der Waals surface area contributed by atoms with E-state index in [1.165, 1.54) is 128 Å². The van der Waals surface area contributed by atoms with Crippen molar-refractivity contribution in [1.29, 1.82) is 0 Å². The molecule has 10 aromatic carbocycles. The first-order chi connectivity index (χ1) is 29.0. The van der Waals surface area contributed by atoms with Gasteiger partial charge in [0.25, 0.3) is 0 Å². The summed E-state index contributed by atoms with van der Waals surface area (Å²) >= 11 is 3.84. The summed E-state index contributed by atoms with van der Waals surface area (Å²) in [6.07, 6.45) is 0. The average Bonchev–Trinajstić information content (AvgIpc) is 3.90. The maximum absolute atomic E-state index is 2.49. The fourth-order valence-corrected chi connectivity index (χ4v) is 12.8. The summed E-state index contributed by atoms with van der Waals surface area (Å²) in [6, 6.07) is 68.6. The van der Waals surface area contributed by atoms with Gasteiger partial charge in [-0.25, -0.2) is 0 Å². The van der Waals surface area contributed by atoms with Crippen molar-refractivity contribution in [1.82, 2.24) is 0 Å². The summed E-state index contributed by atoms with van der Waals surface area (Å²) in [6.45, 7) is 4.75. The van der Waals surface area contributed by atoms with Gasteiger partial charge >= 0.3 is 0 Å². The van der Waals surface area contributed by atoms with Gasteiger partial charge in [0.15, 0.2) is 0 Å². The summed E-state index contributed by atoms with van der Waals surface area (Å²) in [5.74, 6) is 0. The molecule has 0 N–H and O–H groups in total. The molecule has 0 radical (unpaired) electrons. The number of benzene rings is 10. The van der Waals surface area contributed by atoms with Crippen LogP contribution in [-0.4, -0.2) is 0 Å². The van der Waals surface area contributed by atoms with E-state index in [0.717, 1.165) is 0 Å². The molecule has 2 aromatic heterocycles. The Morgan fingerprint density at radius 1 is 0.322 bits per heavy atom. The van der Waals surface area contributed by atoms with E-state index in [2.05, 4.69) is 196 Å². The Kier molecular flexibility index (Phi) is 6.92. The minimum atomic E-state index is -0.0172. The van der Waals surface area contributed by atoms with Gasteiger partial charge in [-0.05, 0) is 130 Å². The highest BCUT2D eigenvalue weighted by Gasteiger charge is 2.35. The smallest absolute Gasteiger partial charge is 0.0433 e. The second-order valence-electron chi connectivity index (χ2n) is 16.8. The molecule has 2 heterocycles. The molecule has 13 rings (SSSR count). The van der Waals surface area contributed by atoms with Crippen LogP contribution in [0.1, 0.15) is 25.0 Å². The van der Waals surface area contributed by atoms with Gasteiger partial charge in [-0.15, -0.1) is 22.7 Å². The predicted octanol–water partition coefficient (Wildman–Crippen LogP) is 17.2. The van der Waals surface area contributed by atoms with Gasteiger partial charge in [0.2, 0.25) is 0 Å². The Hall–Kier alpha value is -6.58. The molecule has 0 saturated carbocycles. The van der Waals surface area contributed by atoms with E-state index in [-0.39, 0.29) is 5.41 Å². The number of fused-ring (bicyclic) bond motifs is 12. The van der Waals surface area contributed by atoms with Crippen LogP contribution in [0.4, 0.5) is 0 Å². The van der Waals surface area contributed by atoms with Crippen molar-refractivity contribution in [3.8, 4) is 44.5 Å². The van der Waals surface area contributed by atoms with Gasteiger partial charge in [0, 0.05) is 45.8 Å². The zero-order valence-corrected chi connectivity index (χ0v) is 34.3. The Labute approximate surface area is 350 Å². The Morgan fingerprint density at radius 2 is 0.932 bits per heavy atom. The molecule has 0 nitrogen and oxygen atoms in total. The van der Waals surface area contributed by atoms with E-state index in [0.29, 0.717) is 0 Å². The van der Waals surface area contributed by atoms with E-state index < -0.39 is 0 Å². The van der Waals surface area contributed by atoms with Crippen molar-refractivity contribution >= 4 is 95.3 Å². The molecule has 12 aromatic rings. The predicted molar refractivity (Wildman–Crippen MR) is 259 cm³/mol. The van der Waals surface area contributed by atoms with Crippen LogP contribution in [0.2, 0.25) is 0 Å². The first kappa shape index (κ1) is 33.4. The van der Waals surface area contributed by atoms with Crippen LogP contribution in [0.25, 0.3) is 117 Å². The van der Waals surface area contributed by atoms with Crippen LogP contribution in [0.15, 0.2) is 182 Å². The van der Waals surface area contributed by atoms with Crippen LogP contribution in [0, 0.1) is 0 Å². The van der Waals surface area contributed by atoms with Crippen molar-refractivity contribution in [2.45, 2.75) is 19.3 Å². The number of rotatable bonds is 3. The van der Waals surface area contributed by atoms with Gasteiger partial charge in [-0.2, -0.15) is 0 Å². The molecule has 276 valence electrons. The molecular formula is C57H36S2. The molecule has 0 spiro atoms. The van der Waals surface area contributed by atoms with Gasteiger partial charge < -0.3 is 0 Å². The van der Waals surface area contributed by atoms with Gasteiger partial charge in [-0.1, -0.05) is 153 Å². The molecule has 1 aliphatic carbocycles.